The third kappa shape index (κ3) is 6.49. The van der Waals surface area contributed by atoms with Gasteiger partial charge in [0.1, 0.15) is 5.82 Å². The number of piperidine rings is 1. The van der Waals surface area contributed by atoms with Crippen molar-refractivity contribution in [3.8, 4) is 0 Å². The predicted octanol–water partition coefficient (Wildman–Crippen LogP) is 3.67. The average Bonchev–Trinajstić information content (AvgIpc) is 3.33. The van der Waals surface area contributed by atoms with E-state index < -0.39 is 29.9 Å². The van der Waals surface area contributed by atoms with Crippen molar-refractivity contribution in [2.75, 3.05) is 42.9 Å². The number of rotatable bonds is 6. The summed E-state index contributed by atoms with van der Waals surface area (Å²) in [6.07, 6.45) is -2.25. The van der Waals surface area contributed by atoms with Crippen molar-refractivity contribution >= 4 is 23.3 Å². The lowest BCUT2D eigenvalue weighted by Gasteiger charge is -2.34. The highest BCUT2D eigenvalue weighted by atomic mass is 19.4. The number of alkyl halides is 3. The fraction of sp³-hybridized carbons (Fsp3) is 0.464. The van der Waals surface area contributed by atoms with Crippen molar-refractivity contribution in [2.45, 2.75) is 45.3 Å². The zero-order valence-electron chi connectivity index (χ0n) is 22.3. The van der Waals surface area contributed by atoms with E-state index >= 15 is 0 Å². The molecule has 0 saturated carbocycles. The number of pyridine rings is 1. The molecule has 4 heterocycles. The molecule has 5 rings (SSSR count). The number of hydrogen-bond donors (Lipinski definition) is 2. The second-order valence-electron chi connectivity index (χ2n) is 10.5. The topological polar surface area (TPSA) is 90.0 Å². The second-order valence-corrected chi connectivity index (χ2v) is 10.5. The van der Waals surface area contributed by atoms with Crippen molar-refractivity contribution < 1.29 is 27.5 Å². The molecule has 2 fully saturated rings. The van der Waals surface area contributed by atoms with Crippen LogP contribution in [0.2, 0.25) is 0 Å². The van der Waals surface area contributed by atoms with Crippen LogP contribution in [0.3, 0.4) is 0 Å². The molecular weight excluding hydrogens is 525 g/mol. The van der Waals surface area contributed by atoms with Crippen molar-refractivity contribution in [3.63, 3.8) is 0 Å². The van der Waals surface area contributed by atoms with E-state index in [4.69, 9.17) is 4.74 Å². The van der Waals surface area contributed by atoms with Gasteiger partial charge in [-0.2, -0.15) is 13.2 Å². The SMILES string of the molecule is CC1CCCN(C2NC(C(F)(F)F)=C(C(=O)Nc3ccc(N4CCC(=O)N(Cc5ccccc5)CC4)nc3)O2)C1. The molecule has 0 radical (unpaired) electrons. The number of likely N-dealkylation sites (tertiary alicyclic amines) is 1. The second kappa shape index (κ2) is 11.7. The Hall–Kier alpha value is -3.80. The molecule has 2 saturated heterocycles. The zero-order valence-corrected chi connectivity index (χ0v) is 22.3. The normalized spacial score (nSPS) is 22.6. The lowest BCUT2D eigenvalue weighted by atomic mass is 10.0. The number of halogens is 3. The summed E-state index contributed by atoms with van der Waals surface area (Å²) in [5, 5.41) is 4.84. The summed E-state index contributed by atoms with van der Waals surface area (Å²) in [4.78, 5) is 35.5. The van der Waals surface area contributed by atoms with Crippen LogP contribution in [-0.2, 0) is 20.9 Å². The fourth-order valence-electron chi connectivity index (χ4n) is 5.27. The molecule has 0 aliphatic carbocycles. The van der Waals surface area contributed by atoms with E-state index in [-0.39, 0.29) is 11.6 Å². The molecule has 3 aliphatic rings. The van der Waals surface area contributed by atoms with Crippen LogP contribution in [0.4, 0.5) is 24.7 Å². The molecule has 1 aromatic heterocycles. The summed E-state index contributed by atoms with van der Waals surface area (Å²) in [7, 11) is 0. The summed E-state index contributed by atoms with van der Waals surface area (Å²) in [6.45, 7) is 5.33. The van der Waals surface area contributed by atoms with Gasteiger partial charge < -0.3 is 25.2 Å². The molecular formula is C28H33F3N6O3. The van der Waals surface area contributed by atoms with Crippen LogP contribution in [-0.4, -0.2) is 71.9 Å². The molecule has 12 heteroatoms. The number of nitrogens with one attached hydrogen (secondary N) is 2. The predicted molar refractivity (Wildman–Crippen MR) is 143 cm³/mol. The van der Waals surface area contributed by atoms with Crippen LogP contribution in [0.25, 0.3) is 0 Å². The van der Waals surface area contributed by atoms with Crippen molar-refractivity contribution in [2.24, 2.45) is 5.92 Å². The smallest absolute Gasteiger partial charge is 0.434 e. The number of aromatic nitrogens is 1. The fourth-order valence-corrected chi connectivity index (χ4v) is 5.27. The molecule has 2 amide bonds. The third-order valence-corrected chi connectivity index (χ3v) is 7.37. The van der Waals surface area contributed by atoms with Gasteiger partial charge in [-0.3, -0.25) is 14.5 Å². The summed E-state index contributed by atoms with van der Waals surface area (Å²) >= 11 is 0. The molecule has 2 atom stereocenters. The first-order valence-corrected chi connectivity index (χ1v) is 13.5. The maximum Gasteiger partial charge on any atom is 0.434 e. The Morgan fingerprint density at radius 2 is 1.93 bits per heavy atom. The molecule has 3 aliphatic heterocycles. The lowest BCUT2D eigenvalue weighted by Crippen LogP contribution is -2.49. The van der Waals surface area contributed by atoms with Crippen LogP contribution in [0, 0.1) is 5.92 Å². The van der Waals surface area contributed by atoms with Crippen molar-refractivity contribution in [3.05, 3.63) is 65.7 Å². The van der Waals surface area contributed by atoms with Gasteiger partial charge in [0.15, 0.2) is 5.70 Å². The number of anilines is 2. The third-order valence-electron chi connectivity index (χ3n) is 7.37. The number of allylic oxidation sites excluding steroid dienone is 1. The van der Waals surface area contributed by atoms with Gasteiger partial charge in [0.05, 0.1) is 11.9 Å². The van der Waals surface area contributed by atoms with Gasteiger partial charge in [-0.25, -0.2) is 4.98 Å². The highest BCUT2D eigenvalue weighted by Gasteiger charge is 2.47. The van der Waals surface area contributed by atoms with Crippen LogP contribution < -0.4 is 15.5 Å². The Morgan fingerprint density at radius 3 is 2.62 bits per heavy atom. The van der Waals surface area contributed by atoms with E-state index in [0.29, 0.717) is 57.4 Å². The summed E-state index contributed by atoms with van der Waals surface area (Å²) in [5.74, 6) is -0.791. The molecule has 1 aromatic carbocycles. The van der Waals surface area contributed by atoms with E-state index in [1.807, 2.05) is 47.1 Å². The molecule has 0 bridgehead atoms. The minimum Gasteiger partial charge on any atom is -0.449 e. The van der Waals surface area contributed by atoms with Crippen LogP contribution in [0.15, 0.2) is 60.1 Å². The van der Waals surface area contributed by atoms with E-state index in [1.54, 1.807) is 17.0 Å². The zero-order chi connectivity index (χ0) is 28.3. The van der Waals surface area contributed by atoms with E-state index in [9.17, 15) is 22.8 Å². The molecule has 2 aromatic rings. The number of amides is 2. The largest absolute Gasteiger partial charge is 0.449 e. The van der Waals surface area contributed by atoms with E-state index in [2.05, 4.69) is 15.6 Å². The van der Waals surface area contributed by atoms with Gasteiger partial charge >= 0.3 is 6.18 Å². The van der Waals surface area contributed by atoms with Crippen molar-refractivity contribution in [1.29, 1.82) is 0 Å². The number of nitrogens with zero attached hydrogens (tertiary/aromatic N) is 4. The monoisotopic (exact) mass is 558 g/mol. The average molecular weight is 559 g/mol. The summed E-state index contributed by atoms with van der Waals surface area (Å²) in [6, 6.07) is 13.0. The van der Waals surface area contributed by atoms with Crippen molar-refractivity contribution in [1.82, 2.24) is 20.1 Å². The van der Waals surface area contributed by atoms with Gasteiger partial charge in [0.2, 0.25) is 18.0 Å². The Kier molecular flexibility index (Phi) is 8.15. The first-order valence-electron chi connectivity index (χ1n) is 13.5. The Balaban J connectivity index is 1.21. The standard InChI is InChI=1S/C28H33F3N6O3/c1-19-6-5-12-37(17-19)27-34-25(28(29,30)31)24(40-27)26(39)33-21-9-10-22(32-16-21)35-13-11-23(38)36(15-14-35)18-20-7-3-2-4-8-20/h2-4,7-10,16,19,27,34H,5-6,11-15,17-18H2,1H3,(H,33,39). The van der Waals surface area contributed by atoms with E-state index in [1.165, 1.54) is 6.20 Å². The maximum atomic E-state index is 13.8. The Morgan fingerprint density at radius 1 is 1.12 bits per heavy atom. The maximum absolute atomic E-state index is 13.8. The summed E-state index contributed by atoms with van der Waals surface area (Å²) in [5.41, 5.74) is 0.106. The van der Waals surface area contributed by atoms with Gasteiger partial charge in [-0.15, -0.1) is 0 Å². The van der Waals surface area contributed by atoms with Crippen LogP contribution in [0.5, 0.6) is 0 Å². The summed E-state index contributed by atoms with van der Waals surface area (Å²) < 4.78 is 46.8. The highest BCUT2D eigenvalue weighted by Crippen LogP contribution is 2.34. The van der Waals surface area contributed by atoms with Gasteiger partial charge in [0.25, 0.3) is 5.91 Å². The van der Waals surface area contributed by atoms with Gasteiger partial charge in [-0.05, 0) is 36.5 Å². The molecule has 9 nitrogen and oxygen atoms in total. The minimum atomic E-state index is -4.77. The Bertz CT molecular complexity index is 1240. The first kappa shape index (κ1) is 27.8. The number of ether oxygens (including phenoxy) is 1. The molecule has 2 unspecified atom stereocenters. The molecule has 2 N–H and O–H groups in total. The molecule has 0 spiro atoms. The van der Waals surface area contributed by atoms with Gasteiger partial charge in [0, 0.05) is 45.7 Å². The highest BCUT2D eigenvalue weighted by molar-refractivity contribution is 6.03. The molecule has 214 valence electrons. The number of carbonyl (C=O) groups excluding carboxylic acids is 2. The number of benzene rings is 1. The van der Waals surface area contributed by atoms with Gasteiger partial charge in [-0.1, -0.05) is 37.3 Å². The quantitative estimate of drug-likeness (QED) is 0.559. The first-order chi connectivity index (χ1) is 19.2. The van der Waals surface area contributed by atoms with E-state index in [0.717, 1.165) is 18.4 Å². The Labute approximate surface area is 231 Å². The molecule has 40 heavy (non-hydrogen) atoms. The van der Waals surface area contributed by atoms with Crippen LogP contribution in [0.1, 0.15) is 31.7 Å². The number of hydrogen-bond acceptors (Lipinski definition) is 7. The van der Waals surface area contributed by atoms with Crippen LogP contribution >= 0.6 is 0 Å². The minimum absolute atomic E-state index is 0.0615. The lowest BCUT2D eigenvalue weighted by molar-refractivity contribution is -0.131. The number of carbonyl (C=O) groups is 2.